The third-order valence-corrected chi connectivity index (χ3v) is 3.11. The first-order valence-electron chi connectivity index (χ1n) is 7.09. The summed E-state index contributed by atoms with van der Waals surface area (Å²) in [6.07, 6.45) is 3.26. The molecule has 1 heterocycles. The molecule has 104 valence electrons. The lowest BCUT2D eigenvalue weighted by Crippen LogP contribution is -2.27. The Morgan fingerprint density at radius 2 is 1.89 bits per heavy atom. The first kappa shape index (κ1) is 15.1. The molecule has 1 rings (SSSR count). The van der Waals surface area contributed by atoms with Crippen LogP contribution in [0.2, 0.25) is 0 Å². The molecule has 0 aliphatic heterocycles. The Kier molecular flexibility index (Phi) is 4.83. The maximum atomic E-state index is 12.5. The molecule has 3 heteroatoms. The zero-order chi connectivity index (χ0) is 13.9. The largest absolute Gasteiger partial charge is 0.299 e. The van der Waals surface area contributed by atoms with E-state index >= 15 is 0 Å². The molecule has 0 bridgehead atoms. The third-order valence-electron chi connectivity index (χ3n) is 3.11. The van der Waals surface area contributed by atoms with Crippen molar-refractivity contribution in [3.8, 4) is 0 Å². The van der Waals surface area contributed by atoms with E-state index in [0.717, 1.165) is 37.1 Å². The van der Waals surface area contributed by atoms with E-state index in [-0.39, 0.29) is 11.0 Å². The van der Waals surface area contributed by atoms with Crippen LogP contribution in [0.5, 0.6) is 0 Å². The lowest BCUT2D eigenvalue weighted by molar-refractivity contribution is 0.467. The van der Waals surface area contributed by atoms with Crippen LogP contribution in [0.25, 0.3) is 0 Å². The van der Waals surface area contributed by atoms with E-state index in [2.05, 4.69) is 46.6 Å². The quantitative estimate of drug-likeness (QED) is 0.856. The van der Waals surface area contributed by atoms with E-state index in [1.807, 2.05) is 0 Å². The molecule has 0 radical (unpaired) electrons. The highest BCUT2D eigenvalue weighted by atomic mass is 16.1. The average Bonchev–Trinajstić information content (AvgIpc) is 2.51. The minimum atomic E-state index is -0.0844. The van der Waals surface area contributed by atoms with E-state index in [0.29, 0.717) is 5.92 Å². The SMILES string of the molecule is CCCCc1[nH]n(CC(C)C)c(=O)c1C(C)(C)C. The smallest absolute Gasteiger partial charge is 0.270 e. The Hall–Kier alpha value is -0.990. The second-order valence-corrected chi connectivity index (χ2v) is 6.63. The van der Waals surface area contributed by atoms with Gasteiger partial charge in [-0.15, -0.1) is 0 Å². The summed E-state index contributed by atoms with van der Waals surface area (Å²) >= 11 is 0. The number of H-pyrrole nitrogens is 1. The van der Waals surface area contributed by atoms with Gasteiger partial charge >= 0.3 is 0 Å². The summed E-state index contributed by atoms with van der Waals surface area (Å²) in [5.41, 5.74) is 2.19. The van der Waals surface area contributed by atoms with Gasteiger partial charge in [0.25, 0.3) is 5.56 Å². The third kappa shape index (κ3) is 3.50. The van der Waals surface area contributed by atoms with Crippen LogP contribution >= 0.6 is 0 Å². The molecule has 3 nitrogen and oxygen atoms in total. The van der Waals surface area contributed by atoms with Crippen LogP contribution in [-0.4, -0.2) is 9.78 Å². The molecule has 1 N–H and O–H groups in total. The molecule has 0 aromatic carbocycles. The normalized spacial score (nSPS) is 12.4. The van der Waals surface area contributed by atoms with Crippen molar-refractivity contribution in [2.24, 2.45) is 5.92 Å². The van der Waals surface area contributed by atoms with Gasteiger partial charge in [-0.25, -0.2) is 0 Å². The van der Waals surface area contributed by atoms with Crippen molar-refractivity contribution in [1.29, 1.82) is 0 Å². The minimum absolute atomic E-state index is 0.0844. The number of aromatic amines is 1. The molecule has 0 fully saturated rings. The second-order valence-electron chi connectivity index (χ2n) is 6.63. The number of nitrogens with zero attached hydrogens (tertiary/aromatic N) is 1. The predicted octanol–water partition coefficient (Wildman–Crippen LogP) is 3.47. The van der Waals surface area contributed by atoms with Crippen LogP contribution in [0.1, 0.15) is 65.6 Å². The molecule has 0 aliphatic rings. The fraction of sp³-hybridized carbons (Fsp3) is 0.800. The minimum Gasteiger partial charge on any atom is -0.299 e. The molecular formula is C15H28N2O. The van der Waals surface area contributed by atoms with Crippen LogP contribution in [0, 0.1) is 5.92 Å². The van der Waals surface area contributed by atoms with Crippen LogP contribution in [-0.2, 0) is 18.4 Å². The fourth-order valence-corrected chi connectivity index (χ4v) is 2.34. The highest BCUT2D eigenvalue weighted by molar-refractivity contribution is 5.25. The molecule has 18 heavy (non-hydrogen) atoms. The van der Waals surface area contributed by atoms with Crippen molar-refractivity contribution in [3.63, 3.8) is 0 Å². The molecule has 0 saturated heterocycles. The molecule has 0 saturated carbocycles. The van der Waals surface area contributed by atoms with Gasteiger partial charge in [0.15, 0.2) is 0 Å². The predicted molar refractivity (Wildman–Crippen MR) is 77.2 cm³/mol. The van der Waals surface area contributed by atoms with E-state index in [1.165, 1.54) is 0 Å². The summed E-state index contributed by atoms with van der Waals surface area (Å²) in [6, 6.07) is 0. The summed E-state index contributed by atoms with van der Waals surface area (Å²) in [5, 5.41) is 3.33. The number of hydrogen-bond donors (Lipinski definition) is 1. The molecule has 0 spiro atoms. The monoisotopic (exact) mass is 252 g/mol. The Balaban J connectivity index is 3.19. The van der Waals surface area contributed by atoms with Crippen molar-refractivity contribution < 1.29 is 0 Å². The van der Waals surface area contributed by atoms with Gasteiger partial charge in [-0.2, -0.15) is 0 Å². The Morgan fingerprint density at radius 3 is 2.33 bits per heavy atom. The molecule has 0 unspecified atom stereocenters. The summed E-state index contributed by atoms with van der Waals surface area (Å²) in [5.74, 6) is 0.480. The number of unbranched alkanes of at least 4 members (excludes halogenated alkanes) is 1. The molecule has 0 atom stereocenters. The van der Waals surface area contributed by atoms with Crippen LogP contribution < -0.4 is 5.56 Å². The van der Waals surface area contributed by atoms with E-state index in [4.69, 9.17) is 0 Å². The van der Waals surface area contributed by atoms with Gasteiger partial charge in [-0.1, -0.05) is 48.0 Å². The molecule has 1 aromatic heterocycles. The lowest BCUT2D eigenvalue weighted by atomic mass is 9.86. The van der Waals surface area contributed by atoms with Gasteiger partial charge in [0.2, 0.25) is 0 Å². The molecular weight excluding hydrogens is 224 g/mol. The van der Waals surface area contributed by atoms with Gasteiger partial charge in [-0.3, -0.25) is 14.6 Å². The zero-order valence-corrected chi connectivity index (χ0v) is 12.8. The van der Waals surface area contributed by atoms with Gasteiger partial charge < -0.3 is 0 Å². The van der Waals surface area contributed by atoms with E-state index in [9.17, 15) is 4.79 Å². The lowest BCUT2D eigenvalue weighted by Gasteiger charge is -2.17. The Morgan fingerprint density at radius 1 is 1.28 bits per heavy atom. The van der Waals surface area contributed by atoms with Gasteiger partial charge in [0.1, 0.15) is 0 Å². The number of rotatable bonds is 5. The Labute approximate surface area is 111 Å². The highest BCUT2D eigenvalue weighted by Crippen LogP contribution is 2.23. The molecule has 1 aromatic rings. The van der Waals surface area contributed by atoms with Crippen LogP contribution in [0.3, 0.4) is 0 Å². The van der Waals surface area contributed by atoms with Crippen molar-refractivity contribution in [2.75, 3.05) is 0 Å². The topological polar surface area (TPSA) is 37.8 Å². The number of hydrogen-bond acceptors (Lipinski definition) is 1. The van der Waals surface area contributed by atoms with Gasteiger partial charge in [0.05, 0.1) is 0 Å². The number of nitrogens with one attached hydrogen (secondary N) is 1. The summed E-state index contributed by atoms with van der Waals surface area (Å²) < 4.78 is 1.79. The average molecular weight is 252 g/mol. The van der Waals surface area contributed by atoms with Gasteiger partial charge in [-0.05, 0) is 24.2 Å². The van der Waals surface area contributed by atoms with Crippen molar-refractivity contribution in [1.82, 2.24) is 9.78 Å². The van der Waals surface area contributed by atoms with Crippen LogP contribution in [0.15, 0.2) is 4.79 Å². The Bertz CT molecular complexity index is 432. The molecule has 0 aliphatic carbocycles. The van der Waals surface area contributed by atoms with E-state index < -0.39 is 0 Å². The first-order valence-corrected chi connectivity index (χ1v) is 7.09. The number of aryl methyl sites for hydroxylation is 1. The van der Waals surface area contributed by atoms with Gasteiger partial charge in [0, 0.05) is 17.8 Å². The van der Waals surface area contributed by atoms with Crippen LogP contribution in [0.4, 0.5) is 0 Å². The fourth-order valence-electron chi connectivity index (χ4n) is 2.34. The molecule has 0 amide bonds. The maximum absolute atomic E-state index is 12.5. The van der Waals surface area contributed by atoms with Crippen molar-refractivity contribution in [3.05, 3.63) is 21.6 Å². The van der Waals surface area contributed by atoms with Crippen molar-refractivity contribution >= 4 is 0 Å². The second kappa shape index (κ2) is 5.77. The number of aromatic nitrogens is 2. The van der Waals surface area contributed by atoms with E-state index in [1.54, 1.807) is 4.68 Å². The summed E-state index contributed by atoms with van der Waals surface area (Å²) in [7, 11) is 0. The van der Waals surface area contributed by atoms with Crippen molar-refractivity contribution in [2.45, 2.75) is 72.8 Å². The maximum Gasteiger partial charge on any atom is 0.270 e. The summed E-state index contributed by atoms with van der Waals surface area (Å²) in [4.78, 5) is 12.5. The first-order chi connectivity index (χ1) is 8.27. The summed E-state index contributed by atoms with van der Waals surface area (Å²) in [6.45, 7) is 13.6. The zero-order valence-electron chi connectivity index (χ0n) is 12.8. The highest BCUT2D eigenvalue weighted by Gasteiger charge is 2.25. The standard InChI is InChI=1S/C15H28N2O/c1-7-8-9-12-13(15(4,5)6)14(18)17(16-12)10-11(2)3/h11,16H,7-10H2,1-6H3.